The molecule has 0 aliphatic rings. The number of nitro benzene ring substituents is 2. The summed E-state index contributed by atoms with van der Waals surface area (Å²) in [6.45, 7) is 8.71. The second kappa shape index (κ2) is 13.9. The molecule has 0 unspecified atom stereocenters. The largest absolute Gasteiger partial charge is 0.460 e. The summed E-state index contributed by atoms with van der Waals surface area (Å²) < 4.78 is 16.4. The van der Waals surface area contributed by atoms with E-state index in [-0.39, 0.29) is 23.8 Å². The number of aromatic nitrogens is 2. The molecule has 0 fully saturated rings. The number of anilines is 1. The van der Waals surface area contributed by atoms with Gasteiger partial charge < -0.3 is 19.9 Å². The van der Waals surface area contributed by atoms with Crippen molar-refractivity contribution in [2.75, 3.05) is 5.73 Å². The molecule has 224 valence electrons. The molecule has 2 aromatic carbocycles. The van der Waals surface area contributed by atoms with Crippen LogP contribution in [0.15, 0.2) is 73.1 Å². The summed E-state index contributed by atoms with van der Waals surface area (Å²) in [6.07, 6.45) is 3.04. The van der Waals surface area contributed by atoms with Crippen molar-refractivity contribution in [3.63, 3.8) is 0 Å². The van der Waals surface area contributed by atoms with E-state index in [9.17, 15) is 25.0 Å². The Morgan fingerprint density at radius 3 is 1.70 bits per heavy atom. The van der Waals surface area contributed by atoms with E-state index in [0.29, 0.717) is 45.6 Å². The van der Waals surface area contributed by atoms with Crippen molar-refractivity contribution in [1.82, 2.24) is 9.97 Å². The van der Waals surface area contributed by atoms with Gasteiger partial charge in [0.2, 0.25) is 0 Å². The van der Waals surface area contributed by atoms with Crippen LogP contribution in [0.3, 0.4) is 0 Å². The van der Waals surface area contributed by atoms with E-state index in [4.69, 9.17) is 19.9 Å². The topological polar surface area (TPSA) is 183 Å². The molecule has 2 aromatic heterocycles. The Hall–Kier alpha value is -5.59. The van der Waals surface area contributed by atoms with Crippen molar-refractivity contribution in [2.45, 2.75) is 46.6 Å². The van der Waals surface area contributed by atoms with Gasteiger partial charge in [0.1, 0.15) is 34.4 Å². The van der Waals surface area contributed by atoms with Gasteiger partial charge in [0.25, 0.3) is 11.4 Å². The zero-order chi connectivity index (χ0) is 31.7. The fraction of sp³-hybridized carbons (Fsp3) is 0.233. The summed E-state index contributed by atoms with van der Waals surface area (Å²) in [5.41, 5.74) is 6.59. The average Bonchev–Trinajstić information content (AvgIpc) is 2.90. The number of esters is 1. The van der Waals surface area contributed by atoms with Gasteiger partial charge >= 0.3 is 5.97 Å². The molecule has 0 aliphatic heterocycles. The number of ether oxygens (including phenoxy) is 3. The molecule has 13 heteroatoms. The molecule has 4 aromatic rings. The molecule has 13 nitrogen and oxygen atoms in total. The van der Waals surface area contributed by atoms with Crippen LogP contribution < -0.4 is 15.2 Å². The standard InChI is InChI=1S/C18H20N2O5.C12H11N3O3/c1-12-5-6-14(11-16(12)20(22)23)24-15-7-8-19-13(9-15)10-17(21)25-18(2,3)4;1-8-2-3-9(6-11(8)15(16)17)18-10-4-5-14-12(13)7-10/h5-9,11H,10H2,1-4H3;2-7H,1H3,(H2,13,14). The highest BCUT2D eigenvalue weighted by Crippen LogP contribution is 2.29. The maximum atomic E-state index is 11.9. The zero-order valence-corrected chi connectivity index (χ0v) is 24.3. The van der Waals surface area contributed by atoms with Crippen LogP contribution in [0.25, 0.3) is 0 Å². The van der Waals surface area contributed by atoms with Crippen LogP contribution >= 0.6 is 0 Å². The van der Waals surface area contributed by atoms with Gasteiger partial charge in [-0.25, -0.2) is 4.98 Å². The summed E-state index contributed by atoms with van der Waals surface area (Å²) in [4.78, 5) is 40.7. The number of hydrogen-bond acceptors (Lipinski definition) is 11. The first-order valence-electron chi connectivity index (χ1n) is 12.9. The second-order valence-corrected chi connectivity index (χ2v) is 10.3. The van der Waals surface area contributed by atoms with Gasteiger partial charge in [-0.1, -0.05) is 0 Å². The van der Waals surface area contributed by atoms with Crippen LogP contribution in [-0.2, 0) is 16.0 Å². The number of nitrogens with two attached hydrogens (primary N) is 1. The van der Waals surface area contributed by atoms with E-state index in [0.717, 1.165) is 0 Å². The maximum Gasteiger partial charge on any atom is 0.312 e. The lowest BCUT2D eigenvalue weighted by Crippen LogP contribution is -2.25. The predicted molar refractivity (Wildman–Crippen MR) is 158 cm³/mol. The molecule has 0 amide bonds. The third kappa shape index (κ3) is 10.1. The van der Waals surface area contributed by atoms with E-state index >= 15 is 0 Å². The van der Waals surface area contributed by atoms with Crippen LogP contribution in [0.1, 0.15) is 37.6 Å². The third-order valence-electron chi connectivity index (χ3n) is 5.51. The van der Waals surface area contributed by atoms with E-state index in [2.05, 4.69) is 9.97 Å². The minimum absolute atomic E-state index is 0.0134. The summed E-state index contributed by atoms with van der Waals surface area (Å²) >= 11 is 0. The maximum absolute atomic E-state index is 11.9. The highest BCUT2D eigenvalue weighted by atomic mass is 16.6. The van der Waals surface area contributed by atoms with E-state index in [1.165, 1.54) is 24.5 Å². The number of nitrogens with zero attached hydrogens (tertiary/aromatic N) is 4. The third-order valence-corrected chi connectivity index (χ3v) is 5.51. The van der Waals surface area contributed by atoms with Crippen molar-refractivity contribution in [3.05, 3.63) is 110 Å². The monoisotopic (exact) mass is 589 g/mol. The molecule has 4 rings (SSSR count). The smallest absolute Gasteiger partial charge is 0.312 e. The number of hydrogen-bond donors (Lipinski definition) is 1. The van der Waals surface area contributed by atoms with E-state index < -0.39 is 15.4 Å². The number of nitro groups is 2. The average molecular weight is 590 g/mol. The van der Waals surface area contributed by atoms with Gasteiger partial charge in [0.15, 0.2) is 0 Å². The molecule has 0 spiro atoms. The molecule has 0 saturated carbocycles. The Kier molecular flexibility index (Phi) is 10.3. The molecule has 2 N–H and O–H groups in total. The normalized spacial score (nSPS) is 10.6. The minimum atomic E-state index is -0.563. The highest BCUT2D eigenvalue weighted by molar-refractivity contribution is 5.72. The van der Waals surface area contributed by atoms with Gasteiger partial charge in [-0.3, -0.25) is 30.0 Å². The highest BCUT2D eigenvalue weighted by Gasteiger charge is 2.18. The Morgan fingerprint density at radius 2 is 1.23 bits per heavy atom. The lowest BCUT2D eigenvalue weighted by atomic mass is 10.2. The SMILES string of the molecule is Cc1ccc(Oc2ccnc(CC(=O)OC(C)(C)C)c2)cc1[N+](=O)[O-].Cc1ccc(Oc2ccnc(N)c2)cc1[N+](=O)[O-]. The van der Waals surface area contributed by atoms with Crippen molar-refractivity contribution >= 4 is 23.2 Å². The van der Waals surface area contributed by atoms with Crippen molar-refractivity contribution in [2.24, 2.45) is 0 Å². The van der Waals surface area contributed by atoms with Gasteiger partial charge in [-0.05, 0) is 71.0 Å². The van der Waals surface area contributed by atoms with Crippen LogP contribution in [0.5, 0.6) is 23.0 Å². The molecule has 0 aliphatic carbocycles. The van der Waals surface area contributed by atoms with Crippen LogP contribution in [0, 0.1) is 34.1 Å². The fourth-order valence-electron chi connectivity index (χ4n) is 3.60. The Bertz CT molecular complexity index is 1640. The Morgan fingerprint density at radius 1 is 0.767 bits per heavy atom. The summed E-state index contributed by atoms with van der Waals surface area (Å²) in [7, 11) is 0. The number of nitrogen functional groups attached to an aromatic ring is 1. The molecule has 0 bridgehead atoms. The number of carbonyl (C=O) groups excluding carboxylic acids is 1. The number of carbonyl (C=O) groups is 1. The predicted octanol–water partition coefficient (Wildman–Crippen LogP) is 6.65. The summed E-state index contributed by atoms with van der Waals surface area (Å²) in [5, 5.41) is 21.8. The zero-order valence-electron chi connectivity index (χ0n) is 24.3. The van der Waals surface area contributed by atoms with Gasteiger partial charge in [-0.2, -0.15) is 0 Å². The molecule has 2 heterocycles. The lowest BCUT2D eigenvalue weighted by molar-refractivity contribution is -0.385. The quantitative estimate of drug-likeness (QED) is 0.132. The lowest BCUT2D eigenvalue weighted by Gasteiger charge is -2.19. The first-order chi connectivity index (χ1) is 20.2. The Labute approximate surface area is 247 Å². The van der Waals surface area contributed by atoms with Crippen molar-refractivity contribution in [3.8, 4) is 23.0 Å². The number of pyridine rings is 2. The van der Waals surface area contributed by atoms with Crippen LogP contribution in [0.4, 0.5) is 17.2 Å². The van der Waals surface area contributed by atoms with Gasteiger partial charge in [-0.15, -0.1) is 0 Å². The van der Waals surface area contributed by atoms with Gasteiger partial charge in [0.05, 0.1) is 34.1 Å². The Balaban J connectivity index is 0.000000248. The summed E-state index contributed by atoms with van der Waals surface area (Å²) in [6, 6.07) is 15.7. The fourth-order valence-corrected chi connectivity index (χ4v) is 3.60. The van der Waals surface area contributed by atoms with Crippen molar-refractivity contribution < 1.29 is 28.9 Å². The van der Waals surface area contributed by atoms with Crippen LogP contribution in [0.2, 0.25) is 0 Å². The van der Waals surface area contributed by atoms with Gasteiger partial charge in [0, 0.05) is 35.7 Å². The van der Waals surface area contributed by atoms with E-state index in [1.807, 2.05) is 0 Å². The minimum Gasteiger partial charge on any atom is -0.460 e. The van der Waals surface area contributed by atoms with Crippen LogP contribution in [-0.4, -0.2) is 31.4 Å². The molecule has 43 heavy (non-hydrogen) atoms. The molecular weight excluding hydrogens is 558 g/mol. The van der Waals surface area contributed by atoms with Crippen molar-refractivity contribution in [1.29, 1.82) is 0 Å². The summed E-state index contributed by atoms with van der Waals surface area (Å²) in [5.74, 6) is 1.59. The molecule has 0 radical (unpaired) electrons. The number of benzene rings is 2. The molecular formula is C30H31N5O8. The number of aryl methyl sites for hydroxylation is 2. The second-order valence-electron chi connectivity index (χ2n) is 10.3. The first-order valence-corrected chi connectivity index (χ1v) is 12.9. The van der Waals surface area contributed by atoms with E-state index in [1.54, 1.807) is 83.1 Å². The molecule has 0 saturated heterocycles. The number of rotatable bonds is 8. The molecule has 0 atom stereocenters. The first kappa shape index (κ1) is 31.9.